The number of nitrogens with zero attached hydrogens (tertiary/aromatic N) is 3. The van der Waals surface area contributed by atoms with Crippen LogP contribution in [0.15, 0.2) is 29.3 Å². The number of hydrogen-bond acceptors (Lipinski definition) is 4. The topological polar surface area (TPSA) is 83.2 Å². The number of hydrogen-bond donors (Lipinski definition) is 2. The largest absolute Gasteiger partial charge is 0.379 e. The standard InChI is InChI=1S/C24H39N5O2.HI/c1-3-26-24(28(2)12-13-31-18-19-9-10-19)27-15-20-6-4-7-21(14-20)16-29-11-5-8-22(17-29)23(25)30;/h4,6-7,14,19,22H,3,5,8-13,15-18H2,1-2H3,(H2,25,30)(H,26,27);1H. The molecule has 1 amide bonds. The Bertz CT molecular complexity index is 741. The number of rotatable bonds is 11. The molecule has 0 spiro atoms. The van der Waals surface area contributed by atoms with Crippen LogP contribution in [0.2, 0.25) is 0 Å². The Balaban J connectivity index is 0.00000363. The Morgan fingerprint density at radius 3 is 2.81 bits per heavy atom. The van der Waals surface area contributed by atoms with E-state index in [9.17, 15) is 4.79 Å². The van der Waals surface area contributed by atoms with Crippen molar-refractivity contribution in [2.45, 2.75) is 45.7 Å². The van der Waals surface area contributed by atoms with Gasteiger partial charge in [0, 0.05) is 39.8 Å². The summed E-state index contributed by atoms with van der Waals surface area (Å²) in [6.07, 6.45) is 4.58. The van der Waals surface area contributed by atoms with Crippen molar-refractivity contribution < 1.29 is 9.53 Å². The van der Waals surface area contributed by atoms with Crippen molar-refractivity contribution in [2.75, 3.05) is 46.4 Å². The number of aliphatic imine (C=N–C) groups is 1. The van der Waals surface area contributed by atoms with Crippen LogP contribution >= 0.6 is 24.0 Å². The van der Waals surface area contributed by atoms with Gasteiger partial charge in [0.15, 0.2) is 5.96 Å². The second kappa shape index (κ2) is 14.0. The molecule has 1 aromatic rings. The van der Waals surface area contributed by atoms with Gasteiger partial charge < -0.3 is 20.7 Å². The molecule has 0 radical (unpaired) electrons. The lowest BCUT2D eigenvalue weighted by atomic mass is 9.97. The summed E-state index contributed by atoms with van der Waals surface area (Å²) < 4.78 is 5.77. The lowest BCUT2D eigenvalue weighted by molar-refractivity contribution is -0.123. The summed E-state index contributed by atoms with van der Waals surface area (Å²) in [5.74, 6) is 1.51. The molecule has 3 N–H and O–H groups in total. The van der Waals surface area contributed by atoms with E-state index in [-0.39, 0.29) is 35.8 Å². The molecule has 1 saturated carbocycles. The van der Waals surface area contributed by atoms with Crippen molar-refractivity contribution in [2.24, 2.45) is 22.6 Å². The number of guanidine groups is 1. The minimum absolute atomic E-state index is 0. The highest BCUT2D eigenvalue weighted by Gasteiger charge is 2.24. The molecular weight excluding hydrogens is 517 g/mol. The van der Waals surface area contributed by atoms with E-state index in [1.54, 1.807) is 0 Å². The average Bonchev–Trinajstić information content (AvgIpc) is 3.59. The summed E-state index contributed by atoms with van der Waals surface area (Å²) in [5.41, 5.74) is 7.96. The van der Waals surface area contributed by atoms with Gasteiger partial charge in [-0.15, -0.1) is 24.0 Å². The Morgan fingerprint density at radius 1 is 1.31 bits per heavy atom. The molecule has 7 nitrogen and oxygen atoms in total. The molecule has 2 aliphatic rings. The summed E-state index contributed by atoms with van der Waals surface area (Å²) in [7, 11) is 2.06. The lowest BCUT2D eigenvalue weighted by Crippen LogP contribution is -2.40. The van der Waals surface area contributed by atoms with Gasteiger partial charge in [-0.1, -0.05) is 24.3 Å². The van der Waals surface area contributed by atoms with Crippen LogP contribution in [0.5, 0.6) is 0 Å². The SMILES string of the molecule is CCNC(=NCc1cccc(CN2CCCC(C(N)=O)C2)c1)N(C)CCOCC1CC1.I. The van der Waals surface area contributed by atoms with E-state index in [1.807, 2.05) is 0 Å². The minimum Gasteiger partial charge on any atom is -0.379 e. The zero-order valence-corrected chi connectivity index (χ0v) is 21.9. The quantitative estimate of drug-likeness (QED) is 0.189. The number of carbonyl (C=O) groups is 1. The van der Waals surface area contributed by atoms with Crippen LogP contribution in [-0.4, -0.2) is 68.1 Å². The van der Waals surface area contributed by atoms with Crippen molar-refractivity contribution in [1.29, 1.82) is 0 Å². The number of carbonyl (C=O) groups excluding carboxylic acids is 1. The molecule has 1 unspecified atom stereocenters. The number of halogens is 1. The number of nitrogens with two attached hydrogens (primary N) is 1. The van der Waals surface area contributed by atoms with Gasteiger partial charge in [-0.05, 0) is 56.2 Å². The van der Waals surface area contributed by atoms with Crippen LogP contribution in [-0.2, 0) is 22.6 Å². The monoisotopic (exact) mass is 557 g/mol. The maximum absolute atomic E-state index is 11.5. The maximum atomic E-state index is 11.5. The summed E-state index contributed by atoms with van der Waals surface area (Å²) in [6, 6.07) is 8.59. The Morgan fingerprint density at radius 2 is 2.09 bits per heavy atom. The lowest BCUT2D eigenvalue weighted by Gasteiger charge is -2.31. The summed E-state index contributed by atoms with van der Waals surface area (Å²) in [5, 5.41) is 3.38. The van der Waals surface area contributed by atoms with Gasteiger partial charge in [0.2, 0.25) is 5.91 Å². The number of ether oxygens (including phenoxy) is 1. The van der Waals surface area contributed by atoms with E-state index in [4.69, 9.17) is 15.5 Å². The van der Waals surface area contributed by atoms with Gasteiger partial charge in [-0.25, -0.2) is 4.99 Å². The molecule has 2 fully saturated rings. The van der Waals surface area contributed by atoms with Crippen LogP contribution in [0.3, 0.4) is 0 Å². The van der Waals surface area contributed by atoms with Gasteiger partial charge in [0.05, 0.1) is 19.1 Å². The minimum atomic E-state index is -0.175. The molecule has 180 valence electrons. The fraction of sp³-hybridized carbons (Fsp3) is 0.667. The summed E-state index contributed by atoms with van der Waals surface area (Å²) in [6.45, 7) is 8.63. The highest BCUT2D eigenvalue weighted by molar-refractivity contribution is 14.0. The number of likely N-dealkylation sites (tertiary alicyclic amines) is 1. The zero-order valence-electron chi connectivity index (χ0n) is 19.6. The number of amides is 1. The molecule has 1 aliphatic heterocycles. The molecule has 1 heterocycles. The smallest absolute Gasteiger partial charge is 0.221 e. The van der Waals surface area contributed by atoms with E-state index < -0.39 is 0 Å². The maximum Gasteiger partial charge on any atom is 0.221 e. The summed E-state index contributed by atoms with van der Waals surface area (Å²) in [4.78, 5) is 20.8. The van der Waals surface area contributed by atoms with Gasteiger partial charge in [-0.2, -0.15) is 0 Å². The predicted molar refractivity (Wildman–Crippen MR) is 140 cm³/mol. The van der Waals surface area contributed by atoms with Crippen molar-refractivity contribution in [3.8, 4) is 0 Å². The third-order valence-corrected chi connectivity index (χ3v) is 6.03. The first-order valence-electron chi connectivity index (χ1n) is 11.7. The van der Waals surface area contributed by atoms with E-state index in [0.717, 1.165) is 70.7 Å². The number of piperidine rings is 1. The molecular formula is C24H40IN5O2. The molecule has 32 heavy (non-hydrogen) atoms. The van der Waals surface area contributed by atoms with Crippen molar-refractivity contribution in [3.63, 3.8) is 0 Å². The van der Waals surface area contributed by atoms with Gasteiger partial charge in [-0.3, -0.25) is 9.69 Å². The molecule has 8 heteroatoms. The van der Waals surface area contributed by atoms with E-state index in [0.29, 0.717) is 6.54 Å². The second-order valence-electron chi connectivity index (χ2n) is 8.91. The van der Waals surface area contributed by atoms with Crippen LogP contribution in [0.4, 0.5) is 0 Å². The van der Waals surface area contributed by atoms with Crippen molar-refractivity contribution in [1.82, 2.24) is 15.1 Å². The van der Waals surface area contributed by atoms with Crippen molar-refractivity contribution >= 4 is 35.8 Å². The number of benzene rings is 1. The highest BCUT2D eigenvalue weighted by atomic mass is 127. The fourth-order valence-corrected chi connectivity index (χ4v) is 3.99. The Labute approximate surface area is 210 Å². The molecule has 1 aliphatic carbocycles. The Kier molecular flexibility index (Phi) is 11.7. The average molecular weight is 558 g/mol. The van der Waals surface area contributed by atoms with E-state index >= 15 is 0 Å². The highest BCUT2D eigenvalue weighted by Crippen LogP contribution is 2.28. The third-order valence-electron chi connectivity index (χ3n) is 6.03. The first kappa shape index (κ1) is 26.9. The first-order chi connectivity index (χ1) is 15.0. The fourth-order valence-electron chi connectivity index (χ4n) is 3.99. The van der Waals surface area contributed by atoms with Gasteiger partial charge >= 0.3 is 0 Å². The summed E-state index contributed by atoms with van der Waals surface area (Å²) >= 11 is 0. The number of likely N-dealkylation sites (N-methyl/N-ethyl adjacent to an activating group) is 1. The number of primary amides is 1. The van der Waals surface area contributed by atoms with Gasteiger partial charge in [0.25, 0.3) is 0 Å². The molecule has 1 aromatic carbocycles. The Hall–Kier alpha value is -1.39. The van der Waals surface area contributed by atoms with E-state index in [1.165, 1.54) is 24.0 Å². The van der Waals surface area contributed by atoms with Gasteiger partial charge in [0.1, 0.15) is 0 Å². The van der Waals surface area contributed by atoms with Crippen LogP contribution in [0.25, 0.3) is 0 Å². The normalized spacial score (nSPS) is 19.3. The van der Waals surface area contributed by atoms with Crippen LogP contribution < -0.4 is 11.1 Å². The molecule has 1 saturated heterocycles. The molecule has 3 rings (SSSR count). The zero-order chi connectivity index (χ0) is 22.1. The first-order valence-corrected chi connectivity index (χ1v) is 11.7. The third kappa shape index (κ3) is 9.23. The van der Waals surface area contributed by atoms with Crippen LogP contribution in [0, 0.1) is 11.8 Å². The number of nitrogens with one attached hydrogen (secondary N) is 1. The van der Waals surface area contributed by atoms with Crippen LogP contribution in [0.1, 0.15) is 43.7 Å². The van der Waals surface area contributed by atoms with E-state index in [2.05, 4.69) is 53.4 Å². The molecule has 0 aromatic heterocycles. The molecule has 0 bridgehead atoms. The second-order valence-corrected chi connectivity index (χ2v) is 8.91. The predicted octanol–water partition coefficient (Wildman–Crippen LogP) is 2.83. The van der Waals surface area contributed by atoms with Crippen molar-refractivity contribution in [3.05, 3.63) is 35.4 Å². The molecule has 1 atom stereocenters.